The van der Waals surface area contributed by atoms with Gasteiger partial charge in [-0.25, -0.2) is 4.98 Å². The van der Waals surface area contributed by atoms with Gasteiger partial charge in [0.25, 0.3) is 0 Å². The van der Waals surface area contributed by atoms with Crippen LogP contribution in [0.15, 0.2) is 29.4 Å². The zero-order valence-corrected chi connectivity index (χ0v) is 12.3. The lowest BCUT2D eigenvalue weighted by atomic mass is 9.97. The molecule has 0 fully saturated rings. The number of nitrogens with zero attached hydrogens (tertiary/aromatic N) is 2. The molecule has 106 valence electrons. The molecule has 0 saturated heterocycles. The first kappa shape index (κ1) is 13.4. The SMILES string of the molecule is O=C(Cc1cn2ccsc2n1)NCCC1=CCCCC1. The number of aromatic nitrogens is 2. The smallest absolute Gasteiger partial charge is 0.226 e. The largest absolute Gasteiger partial charge is 0.355 e. The lowest BCUT2D eigenvalue weighted by Gasteiger charge is -2.12. The molecule has 3 rings (SSSR count). The van der Waals surface area contributed by atoms with Crippen LogP contribution in [0.4, 0.5) is 0 Å². The van der Waals surface area contributed by atoms with Gasteiger partial charge < -0.3 is 5.32 Å². The fourth-order valence-corrected chi connectivity index (χ4v) is 3.30. The number of amides is 1. The highest BCUT2D eigenvalue weighted by Gasteiger charge is 2.09. The zero-order valence-electron chi connectivity index (χ0n) is 11.5. The van der Waals surface area contributed by atoms with E-state index in [0.717, 1.165) is 23.6 Å². The molecule has 20 heavy (non-hydrogen) atoms. The van der Waals surface area contributed by atoms with Crippen molar-refractivity contribution in [3.8, 4) is 0 Å². The Morgan fingerprint density at radius 1 is 1.45 bits per heavy atom. The molecular weight excluding hydrogens is 270 g/mol. The Hall–Kier alpha value is -1.62. The third-order valence-electron chi connectivity index (χ3n) is 3.64. The fourth-order valence-electron chi connectivity index (χ4n) is 2.58. The molecule has 4 nitrogen and oxygen atoms in total. The Morgan fingerprint density at radius 2 is 2.40 bits per heavy atom. The van der Waals surface area contributed by atoms with Gasteiger partial charge in [-0.1, -0.05) is 11.6 Å². The third kappa shape index (κ3) is 3.28. The molecule has 0 atom stereocenters. The molecule has 0 spiro atoms. The molecule has 1 amide bonds. The van der Waals surface area contributed by atoms with Crippen LogP contribution in [-0.2, 0) is 11.2 Å². The molecule has 0 aliphatic heterocycles. The number of carbonyl (C=O) groups excluding carboxylic acids is 1. The lowest BCUT2D eigenvalue weighted by molar-refractivity contribution is -0.120. The van der Waals surface area contributed by atoms with E-state index < -0.39 is 0 Å². The van der Waals surface area contributed by atoms with Crippen LogP contribution < -0.4 is 5.32 Å². The second-order valence-corrected chi connectivity index (χ2v) is 6.08. The molecular formula is C15H19N3OS. The number of carbonyl (C=O) groups is 1. The van der Waals surface area contributed by atoms with Gasteiger partial charge in [-0.05, 0) is 32.1 Å². The van der Waals surface area contributed by atoms with Gasteiger partial charge in [-0.15, -0.1) is 11.3 Å². The Labute approximate surface area is 122 Å². The Balaban J connectivity index is 1.45. The molecule has 0 aromatic carbocycles. The minimum absolute atomic E-state index is 0.0622. The van der Waals surface area contributed by atoms with E-state index in [2.05, 4.69) is 16.4 Å². The molecule has 2 aromatic rings. The number of fused-ring (bicyclic) bond motifs is 1. The molecule has 5 heteroatoms. The molecule has 2 aromatic heterocycles. The quantitative estimate of drug-likeness (QED) is 0.860. The van der Waals surface area contributed by atoms with Crippen molar-refractivity contribution < 1.29 is 4.79 Å². The van der Waals surface area contributed by atoms with Gasteiger partial charge in [-0.2, -0.15) is 0 Å². The summed E-state index contributed by atoms with van der Waals surface area (Å²) in [4.78, 5) is 17.2. The second kappa shape index (κ2) is 6.22. The van der Waals surface area contributed by atoms with Gasteiger partial charge in [0.05, 0.1) is 12.1 Å². The molecule has 2 heterocycles. The van der Waals surface area contributed by atoms with Crippen LogP contribution in [0.3, 0.4) is 0 Å². The molecule has 0 unspecified atom stereocenters. The predicted octanol–water partition coefficient (Wildman–Crippen LogP) is 2.95. The highest BCUT2D eigenvalue weighted by atomic mass is 32.1. The summed E-state index contributed by atoms with van der Waals surface area (Å²) in [6.45, 7) is 0.743. The molecule has 1 aliphatic rings. The molecule has 1 N–H and O–H groups in total. The molecule has 0 radical (unpaired) electrons. The van der Waals surface area contributed by atoms with Crippen molar-refractivity contribution >= 4 is 22.2 Å². The van der Waals surface area contributed by atoms with Crippen LogP contribution in [0.25, 0.3) is 4.96 Å². The molecule has 1 aliphatic carbocycles. The van der Waals surface area contributed by atoms with E-state index in [1.807, 2.05) is 22.2 Å². The Morgan fingerprint density at radius 3 is 3.20 bits per heavy atom. The van der Waals surface area contributed by atoms with Crippen LogP contribution in [0.5, 0.6) is 0 Å². The van der Waals surface area contributed by atoms with Crippen molar-refractivity contribution in [2.45, 2.75) is 38.5 Å². The van der Waals surface area contributed by atoms with Crippen LogP contribution >= 0.6 is 11.3 Å². The highest BCUT2D eigenvalue weighted by molar-refractivity contribution is 7.15. The van der Waals surface area contributed by atoms with E-state index in [1.165, 1.54) is 31.3 Å². The first-order valence-corrected chi connectivity index (χ1v) is 8.05. The van der Waals surface area contributed by atoms with E-state index in [-0.39, 0.29) is 5.91 Å². The van der Waals surface area contributed by atoms with Crippen molar-refractivity contribution in [1.82, 2.24) is 14.7 Å². The van der Waals surface area contributed by atoms with Crippen LogP contribution in [0.1, 0.15) is 37.8 Å². The van der Waals surface area contributed by atoms with Gasteiger partial charge in [0, 0.05) is 24.3 Å². The van der Waals surface area contributed by atoms with Gasteiger partial charge in [0.2, 0.25) is 5.91 Å². The van der Waals surface area contributed by atoms with Crippen molar-refractivity contribution in [2.24, 2.45) is 0 Å². The summed E-state index contributed by atoms with van der Waals surface area (Å²) in [6.07, 6.45) is 12.6. The Kier molecular flexibility index (Phi) is 4.16. The highest BCUT2D eigenvalue weighted by Crippen LogP contribution is 2.19. The molecule has 0 saturated carbocycles. The van der Waals surface area contributed by atoms with Crippen LogP contribution in [-0.4, -0.2) is 21.8 Å². The van der Waals surface area contributed by atoms with Crippen molar-refractivity contribution in [3.63, 3.8) is 0 Å². The van der Waals surface area contributed by atoms with Gasteiger partial charge in [0.1, 0.15) is 0 Å². The average molecular weight is 289 g/mol. The van der Waals surface area contributed by atoms with E-state index in [4.69, 9.17) is 0 Å². The lowest BCUT2D eigenvalue weighted by Crippen LogP contribution is -2.26. The van der Waals surface area contributed by atoms with Crippen LogP contribution in [0, 0.1) is 0 Å². The summed E-state index contributed by atoms with van der Waals surface area (Å²) in [7, 11) is 0. The third-order valence-corrected chi connectivity index (χ3v) is 4.41. The number of hydrogen-bond donors (Lipinski definition) is 1. The maximum Gasteiger partial charge on any atom is 0.226 e. The minimum atomic E-state index is 0.0622. The van der Waals surface area contributed by atoms with Gasteiger partial charge in [0.15, 0.2) is 4.96 Å². The average Bonchev–Trinajstić information content (AvgIpc) is 3.01. The first-order chi connectivity index (χ1) is 9.81. The Bertz CT molecular complexity index is 597. The fraction of sp³-hybridized carbons (Fsp3) is 0.467. The van der Waals surface area contributed by atoms with Crippen LogP contribution in [0.2, 0.25) is 0 Å². The maximum absolute atomic E-state index is 11.9. The summed E-state index contributed by atoms with van der Waals surface area (Å²) in [5.74, 6) is 0.0622. The summed E-state index contributed by atoms with van der Waals surface area (Å²) in [6, 6.07) is 0. The number of thiazole rings is 1. The summed E-state index contributed by atoms with van der Waals surface area (Å²) in [5.41, 5.74) is 2.34. The maximum atomic E-state index is 11.9. The monoisotopic (exact) mass is 289 g/mol. The topological polar surface area (TPSA) is 46.4 Å². The van der Waals surface area contributed by atoms with E-state index in [9.17, 15) is 4.79 Å². The normalized spacial score (nSPS) is 15.3. The predicted molar refractivity (Wildman–Crippen MR) is 81.0 cm³/mol. The molecule has 0 bridgehead atoms. The number of imidazole rings is 1. The van der Waals surface area contributed by atoms with E-state index in [0.29, 0.717) is 6.42 Å². The van der Waals surface area contributed by atoms with Crippen molar-refractivity contribution in [3.05, 3.63) is 35.1 Å². The van der Waals surface area contributed by atoms with Gasteiger partial charge >= 0.3 is 0 Å². The standard InChI is InChI=1S/C15H19N3OS/c19-14(16-7-6-12-4-2-1-3-5-12)10-13-11-18-8-9-20-15(18)17-13/h4,8-9,11H,1-3,5-7,10H2,(H,16,19). The second-order valence-electron chi connectivity index (χ2n) is 5.21. The number of hydrogen-bond acceptors (Lipinski definition) is 3. The summed E-state index contributed by atoms with van der Waals surface area (Å²) in [5, 5.41) is 4.98. The number of rotatable bonds is 5. The van der Waals surface area contributed by atoms with Crippen molar-refractivity contribution in [2.75, 3.05) is 6.54 Å². The van der Waals surface area contributed by atoms with Gasteiger partial charge in [-0.3, -0.25) is 9.20 Å². The number of allylic oxidation sites excluding steroid dienone is 1. The summed E-state index contributed by atoms with van der Waals surface area (Å²) < 4.78 is 1.96. The van der Waals surface area contributed by atoms with E-state index in [1.54, 1.807) is 11.3 Å². The van der Waals surface area contributed by atoms with Crippen molar-refractivity contribution in [1.29, 1.82) is 0 Å². The minimum Gasteiger partial charge on any atom is -0.355 e. The van der Waals surface area contributed by atoms with E-state index >= 15 is 0 Å². The zero-order chi connectivity index (χ0) is 13.8. The first-order valence-electron chi connectivity index (χ1n) is 7.17. The number of nitrogens with one attached hydrogen (secondary N) is 1. The summed E-state index contributed by atoms with van der Waals surface area (Å²) >= 11 is 1.58.